The number of rotatable bonds is 6. The summed E-state index contributed by atoms with van der Waals surface area (Å²) in [5, 5.41) is 10.1. The standard InChI is InChI=1S/C13H22OS/c1-4-10(5-2)9-12(14)13-8-7-11(6-3)15-13/h7-8,10,12,14H,4-6,9H2,1-3H3. The molecule has 2 heteroatoms. The summed E-state index contributed by atoms with van der Waals surface area (Å²) in [6, 6.07) is 4.21. The maximum atomic E-state index is 10.1. The molecular weight excluding hydrogens is 204 g/mol. The molecule has 0 spiro atoms. The van der Waals surface area contributed by atoms with E-state index < -0.39 is 0 Å². The molecule has 0 fully saturated rings. The molecule has 0 aliphatic heterocycles. The van der Waals surface area contributed by atoms with E-state index in [2.05, 4.69) is 32.9 Å². The first kappa shape index (κ1) is 12.7. The summed E-state index contributed by atoms with van der Waals surface area (Å²) >= 11 is 1.75. The van der Waals surface area contributed by atoms with Gasteiger partial charge in [0.05, 0.1) is 6.10 Å². The van der Waals surface area contributed by atoms with Crippen molar-refractivity contribution in [3.8, 4) is 0 Å². The minimum Gasteiger partial charge on any atom is -0.388 e. The molecule has 0 aliphatic carbocycles. The van der Waals surface area contributed by atoms with Gasteiger partial charge in [0.2, 0.25) is 0 Å². The predicted molar refractivity (Wildman–Crippen MR) is 67.3 cm³/mol. The van der Waals surface area contributed by atoms with Crippen molar-refractivity contribution >= 4 is 11.3 Å². The van der Waals surface area contributed by atoms with E-state index in [1.54, 1.807) is 11.3 Å². The molecular formula is C13H22OS. The smallest absolute Gasteiger partial charge is 0.0884 e. The highest BCUT2D eigenvalue weighted by atomic mass is 32.1. The van der Waals surface area contributed by atoms with Gasteiger partial charge in [0, 0.05) is 9.75 Å². The number of aliphatic hydroxyl groups is 1. The van der Waals surface area contributed by atoms with Crippen LogP contribution in [0.15, 0.2) is 12.1 Å². The first-order valence-electron chi connectivity index (χ1n) is 5.97. The van der Waals surface area contributed by atoms with Crippen LogP contribution in [0.1, 0.15) is 55.9 Å². The third kappa shape index (κ3) is 3.62. The van der Waals surface area contributed by atoms with Gasteiger partial charge in [0.1, 0.15) is 0 Å². The minimum absolute atomic E-state index is 0.250. The van der Waals surface area contributed by atoms with E-state index >= 15 is 0 Å². The van der Waals surface area contributed by atoms with E-state index in [-0.39, 0.29) is 6.10 Å². The van der Waals surface area contributed by atoms with Gasteiger partial charge < -0.3 is 5.11 Å². The molecule has 0 aliphatic rings. The Kier molecular flexibility index (Phi) is 5.34. The van der Waals surface area contributed by atoms with Gasteiger partial charge in [0.15, 0.2) is 0 Å². The van der Waals surface area contributed by atoms with Crippen molar-refractivity contribution in [2.75, 3.05) is 0 Å². The molecule has 1 rings (SSSR count). The molecule has 1 unspecified atom stereocenters. The lowest BCUT2D eigenvalue weighted by Crippen LogP contribution is -2.04. The number of thiophene rings is 1. The first-order valence-corrected chi connectivity index (χ1v) is 6.79. The Morgan fingerprint density at radius 2 is 1.87 bits per heavy atom. The molecule has 1 heterocycles. The van der Waals surface area contributed by atoms with Crippen LogP contribution in [0, 0.1) is 5.92 Å². The molecule has 1 nitrogen and oxygen atoms in total. The van der Waals surface area contributed by atoms with Gasteiger partial charge in [0.25, 0.3) is 0 Å². The molecule has 1 N–H and O–H groups in total. The van der Waals surface area contributed by atoms with Crippen LogP contribution in [0.25, 0.3) is 0 Å². The van der Waals surface area contributed by atoms with Crippen molar-refractivity contribution in [3.05, 3.63) is 21.9 Å². The monoisotopic (exact) mass is 226 g/mol. The average Bonchev–Trinajstić information content (AvgIpc) is 2.74. The maximum absolute atomic E-state index is 10.1. The van der Waals surface area contributed by atoms with Crippen LogP contribution in [0.4, 0.5) is 0 Å². The Hall–Kier alpha value is -0.340. The second-order valence-corrected chi connectivity index (χ2v) is 5.29. The molecule has 0 amide bonds. The average molecular weight is 226 g/mol. The predicted octanol–water partition coefficient (Wildman–Crippen LogP) is 4.17. The zero-order chi connectivity index (χ0) is 11.3. The largest absolute Gasteiger partial charge is 0.388 e. The molecule has 1 atom stereocenters. The van der Waals surface area contributed by atoms with Crippen LogP contribution in [-0.2, 0) is 6.42 Å². The van der Waals surface area contributed by atoms with E-state index in [0.29, 0.717) is 5.92 Å². The van der Waals surface area contributed by atoms with Gasteiger partial charge in [-0.1, -0.05) is 33.6 Å². The zero-order valence-corrected chi connectivity index (χ0v) is 10.8. The molecule has 1 aromatic heterocycles. The van der Waals surface area contributed by atoms with Crippen molar-refractivity contribution in [2.45, 2.75) is 52.6 Å². The van der Waals surface area contributed by atoms with Crippen molar-refractivity contribution in [1.29, 1.82) is 0 Å². The number of aliphatic hydroxyl groups excluding tert-OH is 1. The van der Waals surface area contributed by atoms with Gasteiger partial charge in [-0.2, -0.15) is 0 Å². The molecule has 1 aromatic rings. The SMILES string of the molecule is CCc1ccc(C(O)CC(CC)CC)s1. The third-order valence-electron chi connectivity index (χ3n) is 3.07. The highest BCUT2D eigenvalue weighted by Crippen LogP contribution is 2.30. The Labute approximate surface area is 97.2 Å². The second kappa shape index (κ2) is 6.29. The van der Waals surface area contributed by atoms with E-state index in [1.165, 1.54) is 17.7 Å². The van der Waals surface area contributed by atoms with Crippen LogP contribution in [-0.4, -0.2) is 5.11 Å². The first-order chi connectivity index (χ1) is 7.21. The summed E-state index contributed by atoms with van der Waals surface area (Å²) < 4.78 is 0. The molecule has 0 saturated carbocycles. The summed E-state index contributed by atoms with van der Waals surface area (Å²) in [5.74, 6) is 0.659. The molecule has 0 saturated heterocycles. The molecule has 0 bridgehead atoms. The van der Waals surface area contributed by atoms with Gasteiger partial charge in [-0.25, -0.2) is 0 Å². The number of hydrogen-bond acceptors (Lipinski definition) is 2. The third-order valence-corrected chi connectivity index (χ3v) is 4.40. The van der Waals surface area contributed by atoms with Crippen molar-refractivity contribution < 1.29 is 5.11 Å². The topological polar surface area (TPSA) is 20.2 Å². The van der Waals surface area contributed by atoms with Gasteiger partial charge in [-0.3, -0.25) is 0 Å². The summed E-state index contributed by atoms with van der Waals surface area (Å²) in [7, 11) is 0. The molecule has 15 heavy (non-hydrogen) atoms. The lowest BCUT2D eigenvalue weighted by Gasteiger charge is -2.16. The van der Waals surface area contributed by atoms with E-state index in [1.807, 2.05) is 0 Å². The zero-order valence-electron chi connectivity index (χ0n) is 9.99. The van der Waals surface area contributed by atoms with E-state index in [9.17, 15) is 5.11 Å². The number of aryl methyl sites for hydroxylation is 1. The fourth-order valence-corrected chi connectivity index (χ4v) is 2.77. The lowest BCUT2D eigenvalue weighted by atomic mass is 9.95. The summed E-state index contributed by atoms with van der Waals surface area (Å²) in [6.45, 7) is 6.56. The van der Waals surface area contributed by atoms with Crippen LogP contribution in [0.3, 0.4) is 0 Å². The Morgan fingerprint density at radius 3 is 2.33 bits per heavy atom. The van der Waals surface area contributed by atoms with Crippen molar-refractivity contribution in [3.63, 3.8) is 0 Å². The van der Waals surface area contributed by atoms with Crippen molar-refractivity contribution in [2.24, 2.45) is 5.92 Å². The summed E-state index contributed by atoms with van der Waals surface area (Å²) in [5.41, 5.74) is 0. The fraction of sp³-hybridized carbons (Fsp3) is 0.692. The number of hydrogen-bond donors (Lipinski definition) is 1. The summed E-state index contributed by atoms with van der Waals surface area (Å²) in [4.78, 5) is 2.51. The maximum Gasteiger partial charge on any atom is 0.0884 e. The Balaban J connectivity index is 2.55. The van der Waals surface area contributed by atoms with E-state index in [0.717, 1.165) is 17.7 Å². The summed E-state index contributed by atoms with van der Waals surface area (Å²) in [6.07, 6.45) is 4.07. The molecule has 0 radical (unpaired) electrons. The Morgan fingerprint density at radius 1 is 1.20 bits per heavy atom. The van der Waals surface area contributed by atoms with Gasteiger partial charge in [-0.05, 0) is 30.9 Å². The van der Waals surface area contributed by atoms with Crippen LogP contribution >= 0.6 is 11.3 Å². The van der Waals surface area contributed by atoms with E-state index in [4.69, 9.17) is 0 Å². The van der Waals surface area contributed by atoms with Gasteiger partial charge >= 0.3 is 0 Å². The molecule has 0 aromatic carbocycles. The highest BCUT2D eigenvalue weighted by Gasteiger charge is 2.14. The Bertz CT molecular complexity index is 276. The minimum atomic E-state index is -0.250. The quantitative estimate of drug-likeness (QED) is 0.772. The molecule has 86 valence electrons. The van der Waals surface area contributed by atoms with Crippen LogP contribution in [0.2, 0.25) is 0 Å². The highest BCUT2D eigenvalue weighted by molar-refractivity contribution is 7.12. The normalized spacial score (nSPS) is 13.4. The van der Waals surface area contributed by atoms with Crippen LogP contribution < -0.4 is 0 Å². The lowest BCUT2D eigenvalue weighted by molar-refractivity contribution is 0.144. The second-order valence-electron chi connectivity index (χ2n) is 4.09. The fourth-order valence-electron chi connectivity index (χ4n) is 1.82. The van der Waals surface area contributed by atoms with Crippen molar-refractivity contribution in [1.82, 2.24) is 0 Å². The van der Waals surface area contributed by atoms with Crippen LogP contribution in [0.5, 0.6) is 0 Å². The van der Waals surface area contributed by atoms with Gasteiger partial charge in [-0.15, -0.1) is 11.3 Å².